The Morgan fingerprint density at radius 1 is 1.21 bits per heavy atom. The number of oxime groups is 1. The number of pyridine rings is 1. The molecule has 0 bridgehead atoms. The summed E-state index contributed by atoms with van der Waals surface area (Å²) in [5, 5.41) is 6.47. The molecule has 1 heterocycles. The van der Waals surface area contributed by atoms with Crippen molar-refractivity contribution in [2.45, 2.75) is 6.16 Å². The Kier molecular flexibility index (Phi) is 6.27. The molecule has 0 radical (unpaired) electrons. The number of nitrogens with one attached hydrogen (secondary N) is 1. The molecule has 24 heavy (non-hydrogen) atoms. The molecule has 1 atom stereocenters. The van der Waals surface area contributed by atoms with E-state index >= 15 is 0 Å². The second kappa shape index (κ2) is 8.41. The molecule has 126 valence electrons. The van der Waals surface area contributed by atoms with E-state index in [1.54, 1.807) is 43.2 Å². The van der Waals surface area contributed by atoms with E-state index in [4.69, 9.17) is 4.84 Å². The van der Waals surface area contributed by atoms with Crippen LogP contribution in [0.1, 0.15) is 11.3 Å². The van der Waals surface area contributed by atoms with Gasteiger partial charge in [0.2, 0.25) is 0 Å². The standard InChI is InChI=1S/C17H20N3O3P/c1-23-20-16(14-8-4-3-5-9-14)17(21)19-13-24(2,22)12-15-10-6-7-11-18-15/h3-11H,12-13H2,1-2H3,(H,19,21)/b20-16-. The lowest BCUT2D eigenvalue weighted by molar-refractivity contribution is -0.114. The van der Waals surface area contributed by atoms with Gasteiger partial charge in [-0.15, -0.1) is 0 Å². The normalized spacial score (nSPS) is 13.8. The maximum Gasteiger partial charge on any atom is 0.274 e. The lowest BCUT2D eigenvalue weighted by Crippen LogP contribution is -2.32. The van der Waals surface area contributed by atoms with Gasteiger partial charge in [0.1, 0.15) is 14.3 Å². The third kappa shape index (κ3) is 5.32. The second-order valence-electron chi connectivity index (χ2n) is 5.43. The Labute approximate surface area is 141 Å². The van der Waals surface area contributed by atoms with E-state index in [1.165, 1.54) is 7.11 Å². The minimum Gasteiger partial charge on any atom is -0.398 e. The predicted molar refractivity (Wildman–Crippen MR) is 94.5 cm³/mol. The van der Waals surface area contributed by atoms with Crippen LogP contribution in [-0.4, -0.2) is 36.7 Å². The van der Waals surface area contributed by atoms with Crippen LogP contribution in [-0.2, 0) is 20.4 Å². The van der Waals surface area contributed by atoms with Crippen molar-refractivity contribution in [3.8, 4) is 0 Å². The van der Waals surface area contributed by atoms with Crippen molar-refractivity contribution in [2.24, 2.45) is 5.16 Å². The van der Waals surface area contributed by atoms with Crippen molar-refractivity contribution in [1.82, 2.24) is 10.3 Å². The minimum atomic E-state index is -2.61. The average molecular weight is 345 g/mol. The summed E-state index contributed by atoms with van der Waals surface area (Å²) in [5.74, 6) is -0.425. The van der Waals surface area contributed by atoms with Crippen molar-refractivity contribution in [3.05, 3.63) is 66.0 Å². The highest BCUT2D eigenvalue weighted by Gasteiger charge is 2.21. The highest BCUT2D eigenvalue weighted by atomic mass is 31.2. The molecular weight excluding hydrogens is 325 g/mol. The fourth-order valence-corrected chi connectivity index (χ4v) is 3.59. The fourth-order valence-electron chi connectivity index (χ4n) is 2.13. The van der Waals surface area contributed by atoms with Gasteiger partial charge in [-0.1, -0.05) is 41.6 Å². The molecule has 0 saturated carbocycles. The Morgan fingerprint density at radius 2 is 1.92 bits per heavy atom. The highest BCUT2D eigenvalue weighted by Crippen LogP contribution is 2.43. The summed E-state index contributed by atoms with van der Waals surface area (Å²) in [7, 11) is -1.23. The van der Waals surface area contributed by atoms with Crippen LogP contribution >= 0.6 is 7.14 Å². The number of rotatable bonds is 7. The number of carbonyl (C=O) groups is 1. The van der Waals surface area contributed by atoms with Crippen LogP contribution in [0.5, 0.6) is 0 Å². The Balaban J connectivity index is 2.02. The Bertz CT molecular complexity index is 748. The molecule has 1 aromatic carbocycles. The van der Waals surface area contributed by atoms with Crippen molar-refractivity contribution in [1.29, 1.82) is 0 Å². The number of amides is 1. The van der Waals surface area contributed by atoms with Gasteiger partial charge in [0.15, 0.2) is 5.71 Å². The molecule has 0 fully saturated rings. The Hall–Kier alpha value is -2.46. The smallest absolute Gasteiger partial charge is 0.274 e. The molecule has 7 heteroatoms. The zero-order chi connectivity index (χ0) is 17.4. The van der Waals surface area contributed by atoms with Crippen LogP contribution in [0.2, 0.25) is 0 Å². The zero-order valence-electron chi connectivity index (χ0n) is 13.7. The number of nitrogens with zero attached hydrogens (tertiary/aromatic N) is 2. The van der Waals surface area contributed by atoms with Gasteiger partial charge in [-0.25, -0.2) is 0 Å². The minimum absolute atomic E-state index is 0.0674. The summed E-state index contributed by atoms with van der Waals surface area (Å²) in [5.41, 5.74) is 1.52. The average Bonchev–Trinajstić information content (AvgIpc) is 2.59. The van der Waals surface area contributed by atoms with Gasteiger partial charge in [0.25, 0.3) is 5.91 Å². The fraction of sp³-hybridized carbons (Fsp3) is 0.235. The zero-order valence-corrected chi connectivity index (χ0v) is 14.6. The summed E-state index contributed by atoms with van der Waals surface area (Å²) < 4.78 is 12.7. The summed E-state index contributed by atoms with van der Waals surface area (Å²) in [4.78, 5) is 21.3. The summed E-state index contributed by atoms with van der Waals surface area (Å²) >= 11 is 0. The maximum atomic E-state index is 12.7. The number of aromatic nitrogens is 1. The molecule has 0 aliphatic rings. The number of carbonyl (C=O) groups excluding carboxylic acids is 1. The molecule has 1 aromatic heterocycles. The highest BCUT2D eigenvalue weighted by molar-refractivity contribution is 7.62. The van der Waals surface area contributed by atoms with Gasteiger partial charge in [0, 0.05) is 23.6 Å². The van der Waals surface area contributed by atoms with E-state index in [9.17, 15) is 9.36 Å². The first-order valence-electron chi connectivity index (χ1n) is 7.42. The first kappa shape index (κ1) is 17.9. The number of benzene rings is 1. The van der Waals surface area contributed by atoms with Crippen molar-refractivity contribution in [3.63, 3.8) is 0 Å². The molecule has 0 saturated heterocycles. The van der Waals surface area contributed by atoms with Crippen LogP contribution < -0.4 is 5.32 Å². The SMILES string of the molecule is CO/N=C(\C(=O)NCP(C)(=O)Cc1ccccn1)c1ccccc1. The van der Waals surface area contributed by atoms with E-state index in [2.05, 4.69) is 15.5 Å². The van der Waals surface area contributed by atoms with E-state index in [-0.39, 0.29) is 12.0 Å². The van der Waals surface area contributed by atoms with Crippen LogP contribution in [0.15, 0.2) is 59.9 Å². The lowest BCUT2D eigenvalue weighted by Gasteiger charge is -2.14. The summed E-state index contributed by atoms with van der Waals surface area (Å²) in [6.07, 6.45) is 2.06. The molecule has 1 amide bonds. The molecule has 0 aliphatic heterocycles. The van der Waals surface area contributed by atoms with Gasteiger partial charge < -0.3 is 14.7 Å². The monoisotopic (exact) mass is 345 g/mol. The number of hydrogen-bond acceptors (Lipinski definition) is 5. The van der Waals surface area contributed by atoms with Crippen LogP contribution in [0, 0.1) is 0 Å². The van der Waals surface area contributed by atoms with Gasteiger partial charge in [-0.05, 0) is 18.8 Å². The topological polar surface area (TPSA) is 80.6 Å². The lowest BCUT2D eigenvalue weighted by atomic mass is 10.1. The molecule has 2 rings (SSSR count). The van der Waals surface area contributed by atoms with Gasteiger partial charge in [0.05, 0.1) is 6.29 Å². The molecule has 0 spiro atoms. The van der Waals surface area contributed by atoms with Crippen molar-refractivity contribution < 1.29 is 14.2 Å². The largest absolute Gasteiger partial charge is 0.398 e. The molecule has 1 unspecified atom stereocenters. The van der Waals surface area contributed by atoms with E-state index in [1.807, 2.05) is 18.2 Å². The van der Waals surface area contributed by atoms with Crippen LogP contribution in [0.25, 0.3) is 0 Å². The molecule has 2 aromatic rings. The second-order valence-corrected chi connectivity index (χ2v) is 8.65. The van der Waals surface area contributed by atoms with Crippen LogP contribution in [0.3, 0.4) is 0 Å². The molecular formula is C17H20N3O3P. The molecule has 6 nitrogen and oxygen atoms in total. The van der Waals surface area contributed by atoms with Gasteiger partial charge in [-0.3, -0.25) is 9.78 Å². The molecule has 1 N–H and O–H groups in total. The maximum absolute atomic E-state index is 12.7. The summed E-state index contributed by atoms with van der Waals surface area (Å²) in [6.45, 7) is 1.65. The van der Waals surface area contributed by atoms with Crippen LogP contribution in [0.4, 0.5) is 0 Å². The first-order valence-corrected chi connectivity index (χ1v) is 9.94. The van der Waals surface area contributed by atoms with E-state index < -0.39 is 13.0 Å². The van der Waals surface area contributed by atoms with Gasteiger partial charge >= 0.3 is 0 Å². The third-order valence-corrected chi connectivity index (χ3v) is 5.06. The predicted octanol–water partition coefficient (Wildman–Crippen LogP) is 2.70. The van der Waals surface area contributed by atoms with Crippen molar-refractivity contribution in [2.75, 3.05) is 20.1 Å². The molecule has 0 aliphatic carbocycles. The Morgan fingerprint density at radius 3 is 2.54 bits per heavy atom. The summed E-state index contributed by atoms with van der Waals surface area (Å²) in [6, 6.07) is 14.4. The number of hydrogen-bond donors (Lipinski definition) is 1. The first-order chi connectivity index (χ1) is 11.5. The third-order valence-electron chi connectivity index (χ3n) is 3.24. The van der Waals surface area contributed by atoms with Crippen molar-refractivity contribution >= 4 is 18.8 Å². The quantitative estimate of drug-likeness (QED) is 0.475. The van der Waals surface area contributed by atoms with E-state index in [0.717, 1.165) is 5.69 Å². The van der Waals surface area contributed by atoms with E-state index in [0.29, 0.717) is 11.7 Å². The van der Waals surface area contributed by atoms with Gasteiger partial charge in [-0.2, -0.15) is 0 Å².